The fourth-order valence-electron chi connectivity index (χ4n) is 1.62. The van der Waals surface area contributed by atoms with Crippen LogP contribution >= 0.6 is 27.7 Å². The van der Waals surface area contributed by atoms with Crippen molar-refractivity contribution in [3.8, 4) is 0 Å². The molecule has 4 heteroatoms. The number of hydrogen-bond acceptors (Lipinski definition) is 3. The zero-order valence-electron chi connectivity index (χ0n) is 10.8. The molecule has 2 rings (SSSR count). The maximum atomic E-state index is 12.3. The van der Waals surface area contributed by atoms with Gasteiger partial charge in [-0.2, -0.15) is 0 Å². The molecular weight excluding hydrogens is 322 g/mol. The minimum atomic E-state index is -0.142. The Kier molecular flexibility index (Phi) is 4.77. The topological polar surface area (TPSA) is 30.0 Å². The maximum Gasteiger partial charge on any atom is 0.175 e. The third-order valence-corrected chi connectivity index (χ3v) is 4.22. The van der Waals surface area contributed by atoms with E-state index in [1.165, 1.54) is 11.8 Å². The van der Waals surface area contributed by atoms with Crippen molar-refractivity contribution in [3.05, 3.63) is 58.2 Å². The van der Waals surface area contributed by atoms with Crippen molar-refractivity contribution in [1.82, 2.24) is 4.98 Å². The fourth-order valence-corrected chi connectivity index (χ4v) is 2.72. The molecule has 2 aromatic rings. The second kappa shape index (κ2) is 6.35. The lowest BCUT2D eigenvalue weighted by Gasteiger charge is -2.10. The summed E-state index contributed by atoms with van der Waals surface area (Å²) in [7, 11) is 0. The molecule has 0 aliphatic heterocycles. The minimum Gasteiger partial charge on any atom is -0.293 e. The van der Waals surface area contributed by atoms with E-state index in [-0.39, 0.29) is 11.0 Å². The third kappa shape index (κ3) is 3.91. The van der Waals surface area contributed by atoms with E-state index in [2.05, 4.69) is 20.9 Å². The quantitative estimate of drug-likeness (QED) is 0.608. The van der Waals surface area contributed by atoms with E-state index in [0.717, 1.165) is 20.6 Å². The second-order valence-electron chi connectivity index (χ2n) is 4.31. The average Bonchev–Trinajstić information content (AvgIpc) is 2.41. The van der Waals surface area contributed by atoms with E-state index in [1.54, 1.807) is 6.20 Å². The monoisotopic (exact) mass is 335 g/mol. The standard InChI is InChI=1S/C15H14BrNOS/c1-10-3-5-12(6-4-10)15(18)11(2)19-14-8-7-13(16)9-17-14/h3-9,11H,1-2H3. The third-order valence-electron chi connectivity index (χ3n) is 2.70. The number of nitrogens with zero attached hydrogens (tertiary/aromatic N) is 1. The highest BCUT2D eigenvalue weighted by molar-refractivity contribution is 9.10. The number of halogens is 1. The first kappa shape index (κ1) is 14.3. The van der Waals surface area contributed by atoms with Crippen LogP contribution in [0.25, 0.3) is 0 Å². The van der Waals surface area contributed by atoms with Crippen LogP contribution < -0.4 is 0 Å². The number of ketones is 1. The molecule has 1 unspecified atom stereocenters. The van der Waals surface area contributed by atoms with E-state index >= 15 is 0 Å². The van der Waals surface area contributed by atoms with Crippen molar-refractivity contribution in [2.75, 3.05) is 0 Å². The van der Waals surface area contributed by atoms with Gasteiger partial charge in [0.15, 0.2) is 5.78 Å². The second-order valence-corrected chi connectivity index (χ2v) is 6.58. The van der Waals surface area contributed by atoms with Gasteiger partial charge in [0.2, 0.25) is 0 Å². The van der Waals surface area contributed by atoms with E-state index in [9.17, 15) is 4.79 Å². The molecule has 1 aromatic heterocycles. The van der Waals surface area contributed by atoms with Crippen molar-refractivity contribution >= 4 is 33.5 Å². The van der Waals surface area contributed by atoms with E-state index < -0.39 is 0 Å². The smallest absolute Gasteiger partial charge is 0.175 e. The van der Waals surface area contributed by atoms with Gasteiger partial charge in [-0.3, -0.25) is 4.79 Å². The number of thioether (sulfide) groups is 1. The molecule has 0 aliphatic carbocycles. The summed E-state index contributed by atoms with van der Waals surface area (Å²) in [6.07, 6.45) is 1.74. The summed E-state index contributed by atoms with van der Waals surface area (Å²) in [6.45, 7) is 3.93. The van der Waals surface area contributed by atoms with Gasteiger partial charge in [0.1, 0.15) is 0 Å². The number of aromatic nitrogens is 1. The minimum absolute atomic E-state index is 0.134. The van der Waals surface area contributed by atoms with Crippen molar-refractivity contribution in [2.24, 2.45) is 0 Å². The molecule has 1 atom stereocenters. The Balaban J connectivity index is 2.07. The van der Waals surface area contributed by atoms with Crippen LogP contribution in [0, 0.1) is 6.92 Å². The molecule has 0 saturated carbocycles. The van der Waals surface area contributed by atoms with Crippen LogP contribution in [0.5, 0.6) is 0 Å². The number of benzene rings is 1. The predicted molar refractivity (Wildman–Crippen MR) is 82.8 cm³/mol. The summed E-state index contributed by atoms with van der Waals surface area (Å²) in [5.41, 5.74) is 1.91. The summed E-state index contributed by atoms with van der Waals surface area (Å²) in [4.78, 5) is 16.5. The summed E-state index contributed by atoms with van der Waals surface area (Å²) < 4.78 is 0.939. The first-order valence-electron chi connectivity index (χ1n) is 5.95. The Morgan fingerprint density at radius 2 is 1.89 bits per heavy atom. The number of pyridine rings is 1. The van der Waals surface area contributed by atoms with Gasteiger partial charge in [-0.05, 0) is 41.9 Å². The largest absolute Gasteiger partial charge is 0.293 e. The lowest BCUT2D eigenvalue weighted by molar-refractivity contribution is 0.0994. The Hall–Kier alpha value is -1.13. The van der Waals surface area contributed by atoms with Crippen molar-refractivity contribution in [1.29, 1.82) is 0 Å². The number of rotatable bonds is 4. The average molecular weight is 336 g/mol. The Labute approximate surface area is 125 Å². The molecule has 19 heavy (non-hydrogen) atoms. The van der Waals surface area contributed by atoms with Gasteiger partial charge in [-0.1, -0.05) is 41.6 Å². The van der Waals surface area contributed by atoms with Crippen molar-refractivity contribution < 1.29 is 4.79 Å². The molecule has 1 aromatic carbocycles. The van der Waals surface area contributed by atoms with Gasteiger partial charge in [-0.25, -0.2) is 4.98 Å². The molecule has 0 radical (unpaired) electrons. The van der Waals surface area contributed by atoms with Gasteiger partial charge in [0.25, 0.3) is 0 Å². The van der Waals surface area contributed by atoms with Crippen LogP contribution in [0.1, 0.15) is 22.8 Å². The van der Waals surface area contributed by atoms with Crippen LogP contribution in [-0.4, -0.2) is 16.0 Å². The molecule has 98 valence electrons. The Morgan fingerprint density at radius 1 is 1.21 bits per heavy atom. The molecule has 0 amide bonds. The van der Waals surface area contributed by atoms with Gasteiger partial charge in [-0.15, -0.1) is 0 Å². The zero-order chi connectivity index (χ0) is 13.8. The number of carbonyl (C=O) groups is 1. The molecule has 0 bridgehead atoms. The molecule has 0 aliphatic rings. The SMILES string of the molecule is Cc1ccc(C(=O)C(C)Sc2ccc(Br)cn2)cc1. The molecule has 0 saturated heterocycles. The van der Waals surface area contributed by atoms with Crippen LogP contribution in [0.2, 0.25) is 0 Å². The van der Waals surface area contributed by atoms with Gasteiger partial charge >= 0.3 is 0 Å². The normalized spacial score (nSPS) is 12.2. The molecule has 0 N–H and O–H groups in total. The van der Waals surface area contributed by atoms with Crippen molar-refractivity contribution in [2.45, 2.75) is 24.1 Å². The Bertz CT molecular complexity index is 566. The number of carbonyl (C=O) groups excluding carboxylic acids is 1. The van der Waals surface area contributed by atoms with Crippen LogP contribution in [0.15, 0.2) is 52.1 Å². The lowest BCUT2D eigenvalue weighted by atomic mass is 10.1. The molecule has 0 fully saturated rings. The predicted octanol–water partition coefficient (Wildman–Crippen LogP) is 4.52. The first-order valence-corrected chi connectivity index (χ1v) is 7.62. The van der Waals surface area contributed by atoms with Gasteiger partial charge in [0, 0.05) is 16.2 Å². The van der Waals surface area contributed by atoms with Crippen LogP contribution in [0.4, 0.5) is 0 Å². The highest BCUT2D eigenvalue weighted by atomic mass is 79.9. The van der Waals surface area contributed by atoms with Gasteiger partial charge < -0.3 is 0 Å². The molecule has 0 spiro atoms. The first-order chi connectivity index (χ1) is 9.06. The summed E-state index contributed by atoms with van der Waals surface area (Å²) in [5.74, 6) is 0.134. The molecule has 1 heterocycles. The van der Waals surface area contributed by atoms with Crippen molar-refractivity contribution in [3.63, 3.8) is 0 Å². The van der Waals surface area contributed by atoms with E-state index in [4.69, 9.17) is 0 Å². The van der Waals surface area contributed by atoms with Crippen LogP contribution in [-0.2, 0) is 0 Å². The highest BCUT2D eigenvalue weighted by Gasteiger charge is 2.16. The fraction of sp³-hybridized carbons (Fsp3) is 0.200. The van der Waals surface area contributed by atoms with E-state index in [1.807, 2.05) is 50.2 Å². The number of Topliss-reactive ketones (excluding diaryl/α,β-unsaturated/α-hetero) is 1. The van der Waals surface area contributed by atoms with Gasteiger partial charge in [0.05, 0.1) is 10.3 Å². The summed E-state index contributed by atoms with van der Waals surface area (Å²) in [6, 6.07) is 11.5. The zero-order valence-corrected chi connectivity index (χ0v) is 13.2. The highest BCUT2D eigenvalue weighted by Crippen LogP contribution is 2.24. The number of aryl methyl sites for hydroxylation is 1. The molecule has 2 nitrogen and oxygen atoms in total. The lowest BCUT2D eigenvalue weighted by Crippen LogP contribution is -2.13. The Morgan fingerprint density at radius 3 is 2.47 bits per heavy atom. The van der Waals surface area contributed by atoms with E-state index in [0.29, 0.717) is 0 Å². The number of hydrogen-bond donors (Lipinski definition) is 0. The summed E-state index contributed by atoms with van der Waals surface area (Å²) >= 11 is 4.82. The molecular formula is C15H14BrNOS. The van der Waals surface area contributed by atoms with Crippen LogP contribution in [0.3, 0.4) is 0 Å². The maximum absolute atomic E-state index is 12.3. The summed E-state index contributed by atoms with van der Waals surface area (Å²) in [5, 5.41) is 0.715.